The van der Waals surface area contributed by atoms with Gasteiger partial charge in [-0.1, -0.05) is 12.8 Å². The third-order valence-corrected chi connectivity index (χ3v) is 4.46. The smallest absolute Gasteiger partial charge is 0.165 e. The summed E-state index contributed by atoms with van der Waals surface area (Å²) in [7, 11) is 0. The van der Waals surface area contributed by atoms with Gasteiger partial charge < -0.3 is 15.2 Å². The zero-order valence-electron chi connectivity index (χ0n) is 12.7. The van der Waals surface area contributed by atoms with Crippen LogP contribution >= 0.6 is 0 Å². The van der Waals surface area contributed by atoms with Crippen LogP contribution in [0.1, 0.15) is 39.0 Å². The number of aromatic nitrogens is 4. The second kappa shape index (κ2) is 6.39. The highest BCUT2D eigenvalue weighted by Crippen LogP contribution is 2.17. The Morgan fingerprint density at radius 3 is 3.00 bits per heavy atom. The average Bonchev–Trinajstić information content (AvgIpc) is 2.78. The van der Waals surface area contributed by atoms with Crippen LogP contribution in [-0.4, -0.2) is 43.6 Å². The maximum absolute atomic E-state index is 5.82. The first-order chi connectivity index (χ1) is 10.3. The van der Waals surface area contributed by atoms with E-state index in [2.05, 4.69) is 31.3 Å². The van der Waals surface area contributed by atoms with Crippen molar-refractivity contribution < 1.29 is 0 Å². The average molecular weight is 288 g/mol. The van der Waals surface area contributed by atoms with Crippen LogP contribution in [0.25, 0.3) is 11.2 Å². The molecule has 3 heterocycles. The molecule has 0 radical (unpaired) electrons. The minimum atomic E-state index is 0.458. The van der Waals surface area contributed by atoms with Crippen molar-refractivity contribution in [2.45, 2.75) is 51.6 Å². The van der Waals surface area contributed by atoms with E-state index in [1.807, 2.05) is 6.33 Å². The topological polar surface area (TPSA) is 72.9 Å². The van der Waals surface area contributed by atoms with Crippen LogP contribution in [0.3, 0.4) is 0 Å². The molecule has 21 heavy (non-hydrogen) atoms. The lowest BCUT2D eigenvalue weighted by Crippen LogP contribution is -2.33. The third-order valence-electron chi connectivity index (χ3n) is 4.46. The van der Waals surface area contributed by atoms with Gasteiger partial charge >= 0.3 is 0 Å². The van der Waals surface area contributed by atoms with Gasteiger partial charge in [-0.3, -0.25) is 0 Å². The Balaban J connectivity index is 1.60. The normalized spacial score (nSPS) is 20.7. The predicted octanol–water partition coefficient (Wildman–Crippen LogP) is 2.06. The van der Waals surface area contributed by atoms with E-state index in [1.54, 1.807) is 0 Å². The van der Waals surface area contributed by atoms with E-state index in [0.717, 1.165) is 25.2 Å². The van der Waals surface area contributed by atoms with Gasteiger partial charge in [0.25, 0.3) is 0 Å². The molecule has 1 saturated heterocycles. The van der Waals surface area contributed by atoms with Crippen LogP contribution < -0.4 is 5.73 Å². The lowest BCUT2D eigenvalue weighted by Gasteiger charge is -2.26. The first-order valence-corrected chi connectivity index (χ1v) is 7.91. The fourth-order valence-corrected chi connectivity index (χ4v) is 3.17. The Bertz CT molecular complexity index is 593. The highest BCUT2D eigenvalue weighted by atomic mass is 15.2. The molecule has 2 aromatic rings. The van der Waals surface area contributed by atoms with Crippen LogP contribution in [0.4, 0.5) is 5.82 Å². The van der Waals surface area contributed by atoms with E-state index in [4.69, 9.17) is 5.73 Å². The summed E-state index contributed by atoms with van der Waals surface area (Å²) in [6.07, 6.45) is 9.86. The van der Waals surface area contributed by atoms with Crippen molar-refractivity contribution in [3.63, 3.8) is 0 Å². The number of nitrogens with zero attached hydrogens (tertiary/aromatic N) is 5. The van der Waals surface area contributed by atoms with E-state index < -0.39 is 0 Å². The number of rotatable bonds is 4. The van der Waals surface area contributed by atoms with Crippen molar-refractivity contribution in [3.8, 4) is 0 Å². The summed E-state index contributed by atoms with van der Waals surface area (Å²) in [5.41, 5.74) is 7.36. The molecule has 2 N–H and O–H groups in total. The van der Waals surface area contributed by atoms with Gasteiger partial charge in [0.2, 0.25) is 0 Å². The maximum atomic E-state index is 5.82. The highest BCUT2D eigenvalue weighted by Gasteiger charge is 2.16. The molecule has 1 aliphatic heterocycles. The quantitative estimate of drug-likeness (QED) is 0.932. The molecule has 1 fully saturated rings. The van der Waals surface area contributed by atoms with E-state index in [9.17, 15) is 0 Å². The maximum Gasteiger partial charge on any atom is 0.165 e. The number of fused-ring (bicyclic) bond motifs is 1. The summed E-state index contributed by atoms with van der Waals surface area (Å²) in [6.45, 7) is 5.66. The van der Waals surface area contributed by atoms with Crippen molar-refractivity contribution in [2.24, 2.45) is 0 Å². The van der Waals surface area contributed by atoms with Crippen molar-refractivity contribution in [1.82, 2.24) is 24.4 Å². The zero-order chi connectivity index (χ0) is 14.7. The van der Waals surface area contributed by atoms with Gasteiger partial charge in [-0.15, -0.1) is 0 Å². The number of aryl methyl sites for hydroxylation is 1. The van der Waals surface area contributed by atoms with Crippen LogP contribution in [0.15, 0.2) is 12.7 Å². The molecule has 0 amide bonds. The lowest BCUT2D eigenvalue weighted by atomic mass is 10.1. The fourth-order valence-electron chi connectivity index (χ4n) is 3.17. The largest absolute Gasteiger partial charge is 0.382 e. The van der Waals surface area contributed by atoms with Gasteiger partial charge in [0.15, 0.2) is 11.5 Å². The fraction of sp³-hybridized carbons (Fsp3) is 0.667. The summed E-state index contributed by atoms with van der Waals surface area (Å²) in [5, 5.41) is 0. The first-order valence-electron chi connectivity index (χ1n) is 7.91. The molecule has 0 bridgehead atoms. The van der Waals surface area contributed by atoms with Crippen LogP contribution in [0.2, 0.25) is 0 Å². The molecule has 0 saturated carbocycles. The summed E-state index contributed by atoms with van der Waals surface area (Å²) in [5.74, 6) is 0.458. The summed E-state index contributed by atoms with van der Waals surface area (Å²) in [6, 6.07) is 0.713. The van der Waals surface area contributed by atoms with Gasteiger partial charge in [-0.05, 0) is 32.7 Å². The second-order valence-electron chi connectivity index (χ2n) is 5.96. The number of hydrogen-bond acceptors (Lipinski definition) is 5. The Labute approximate surface area is 125 Å². The molecular formula is C15H24N6. The molecule has 1 atom stereocenters. The van der Waals surface area contributed by atoms with E-state index in [1.165, 1.54) is 38.6 Å². The molecule has 3 rings (SSSR count). The number of hydrogen-bond donors (Lipinski definition) is 1. The Morgan fingerprint density at radius 1 is 1.19 bits per heavy atom. The predicted molar refractivity (Wildman–Crippen MR) is 83.9 cm³/mol. The van der Waals surface area contributed by atoms with Gasteiger partial charge in [0, 0.05) is 19.1 Å². The number of anilines is 1. The summed E-state index contributed by atoms with van der Waals surface area (Å²) < 4.78 is 2.08. The summed E-state index contributed by atoms with van der Waals surface area (Å²) >= 11 is 0. The first kappa shape index (κ1) is 14.3. The molecule has 0 aromatic carbocycles. The van der Waals surface area contributed by atoms with E-state index in [-0.39, 0.29) is 0 Å². The van der Waals surface area contributed by atoms with Gasteiger partial charge in [0.1, 0.15) is 11.8 Å². The van der Waals surface area contributed by atoms with Gasteiger partial charge in [-0.2, -0.15) is 0 Å². The number of nitrogen functional groups attached to an aromatic ring is 1. The molecular weight excluding hydrogens is 264 g/mol. The molecule has 6 heteroatoms. The minimum absolute atomic E-state index is 0.458. The zero-order valence-corrected chi connectivity index (χ0v) is 12.7. The van der Waals surface area contributed by atoms with Crippen LogP contribution in [-0.2, 0) is 6.54 Å². The molecule has 1 unspecified atom stereocenters. The van der Waals surface area contributed by atoms with Crippen LogP contribution in [0, 0.1) is 0 Å². The lowest BCUT2D eigenvalue weighted by molar-refractivity contribution is 0.208. The molecule has 114 valence electrons. The SMILES string of the molecule is CC1CCCCCN1CCCn1cnc2c(N)ncnc21. The number of nitrogens with two attached hydrogens (primary N) is 1. The second-order valence-corrected chi connectivity index (χ2v) is 5.96. The minimum Gasteiger partial charge on any atom is -0.382 e. The van der Waals surface area contributed by atoms with Gasteiger partial charge in [-0.25, -0.2) is 15.0 Å². The molecule has 2 aromatic heterocycles. The van der Waals surface area contributed by atoms with Crippen molar-refractivity contribution in [2.75, 3.05) is 18.8 Å². The standard InChI is InChI=1S/C15H24N6/c1-12-6-3-2-4-7-20(12)8-5-9-21-11-19-13-14(16)17-10-18-15(13)21/h10-12H,2-9H2,1H3,(H2,16,17,18). The Kier molecular flexibility index (Phi) is 4.34. The summed E-state index contributed by atoms with van der Waals surface area (Å²) in [4.78, 5) is 15.2. The van der Waals surface area contributed by atoms with Crippen molar-refractivity contribution >= 4 is 17.0 Å². The number of likely N-dealkylation sites (tertiary alicyclic amines) is 1. The third kappa shape index (κ3) is 3.15. The van der Waals surface area contributed by atoms with Crippen molar-refractivity contribution in [3.05, 3.63) is 12.7 Å². The Morgan fingerprint density at radius 2 is 2.10 bits per heavy atom. The Hall–Kier alpha value is -1.69. The monoisotopic (exact) mass is 288 g/mol. The molecule has 0 aliphatic carbocycles. The molecule has 6 nitrogen and oxygen atoms in total. The highest BCUT2D eigenvalue weighted by molar-refractivity contribution is 5.80. The van der Waals surface area contributed by atoms with E-state index in [0.29, 0.717) is 17.4 Å². The molecule has 1 aliphatic rings. The van der Waals surface area contributed by atoms with Gasteiger partial charge in [0.05, 0.1) is 6.33 Å². The number of imidazole rings is 1. The molecule has 0 spiro atoms. The van der Waals surface area contributed by atoms with Crippen LogP contribution in [0.5, 0.6) is 0 Å². The van der Waals surface area contributed by atoms with Crippen molar-refractivity contribution in [1.29, 1.82) is 0 Å². The van der Waals surface area contributed by atoms with E-state index >= 15 is 0 Å².